The first kappa shape index (κ1) is 13.9. The highest BCUT2D eigenvalue weighted by Crippen LogP contribution is 2.15. The molecule has 0 bridgehead atoms. The second kappa shape index (κ2) is 6.54. The lowest BCUT2D eigenvalue weighted by Gasteiger charge is -2.27. The standard InChI is InChI=1S/C10H22N2O3S/c1-2-11(9-10-13)16(14,15)12-7-5-3-4-6-8-12/h13H,2-10H2,1H3. The van der Waals surface area contributed by atoms with E-state index in [1.54, 1.807) is 11.2 Å². The van der Waals surface area contributed by atoms with Crippen molar-refractivity contribution in [3.63, 3.8) is 0 Å². The molecule has 0 atom stereocenters. The van der Waals surface area contributed by atoms with Gasteiger partial charge in [-0.15, -0.1) is 0 Å². The van der Waals surface area contributed by atoms with Crippen molar-refractivity contribution in [3.05, 3.63) is 0 Å². The highest BCUT2D eigenvalue weighted by Gasteiger charge is 2.28. The summed E-state index contributed by atoms with van der Waals surface area (Å²) in [5, 5.41) is 8.86. The van der Waals surface area contributed by atoms with Gasteiger partial charge in [0.15, 0.2) is 0 Å². The highest BCUT2D eigenvalue weighted by atomic mass is 32.2. The molecule has 0 spiro atoms. The molecule has 1 rings (SSSR count). The van der Waals surface area contributed by atoms with Gasteiger partial charge in [0, 0.05) is 26.2 Å². The number of hydrogen-bond donors (Lipinski definition) is 1. The van der Waals surface area contributed by atoms with Gasteiger partial charge >= 0.3 is 0 Å². The van der Waals surface area contributed by atoms with Crippen molar-refractivity contribution in [3.8, 4) is 0 Å². The molecule has 5 nitrogen and oxygen atoms in total. The molecule has 1 N–H and O–H groups in total. The van der Waals surface area contributed by atoms with Gasteiger partial charge in [0.05, 0.1) is 6.61 Å². The van der Waals surface area contributed by atoms with Crippen LogP contribution in [0.15, 0.2) is 0 Å². The second-order valence-corrected chi connectivity index (χ2v) is 5.96. The van der Waals surface area contributed by atoms with Gasteiger partial charge in [-0.05, 0) is 12.8 Å². The van der Waals surface area contributed by atoms with E-state index in [2.05, 4.69) is 0 Å². The molecule has 1 heterocycles. The molecule has 0 unspecified atom stereocenters. The van der Waals surface area contributed by atoms with Crippen molar-refractivity contribution in [1.82, 2.24) is 8.61 Å². The lowest BCUT2D eigenvalue weighted by atomic mass is 10.2. The Kier molecular flexibility index (Phi) is 5.68. The van der Waals surface area contributed by atoms with Gasteiger partial charge in [-0.1, -0.05) is 19.8 Å². The van der Waals surface area contributed by atoms with E-state index in [9.17, 15) is 8.42 Å². The van der Waals surface area contributed by atoms with E-state index in [4.69, 9.17) is 5.11 Å². The summed E-state index contributed by atoms with van der Waals surface area (Å²) in [5.74, 6) is 0. The fourth-order valence-corrected chi connectivity index (χ4v) is 3.67. The molecule has 16 heavy (non-hydrogen) atoms. The van der Waals surface area contributed by atoms with Crippen molar-refractivity contribution in [1.29, 1.82) is 0 Å². The molecule has 0 radical (unpaired) electrons. The first-order chi connectivity index (χ1) is 7.62. The van der Waals surface area contributed by atoms with Gasteiger partial charge in [-0.25, -0.2) is 0 Å². The number of rotatable bonds is 5. The molecule has 0 aromatic carbocycles. The molecule has 1 saturated heterocycles. The molecule has 0 aromatic heterocycles. The summed E-state index contributed by atoms with van der Waals surface area (Å²) in [6.45, 7) is 3.51. The van der Waals surface area contributed by atoms with Crippen molar-refractivity contribution >= 4 is 10.2 Å². The van der Waals surface area contributed by atoms with Crippen LogP contribution in [0.4, 0.5) is 0 Å². The minimum Gasteiger partial charge on any atom is -0.395 e. The quantitative estimate of drug-likeness (QED) is 0.769. The molecule has 6 heteroatoms. The van der Waals surface area contributed by atoms with E-state index >= 15 is 0 Å². The maximum Gasteiger partial charge on any atom is 0.282 e. The Morgan fingerprint density at radius 3 is 2.19 bits per heavy atom. The topological polar surface area (TPSA) is 60.9 Å². The molecule has 96 valence electrons. The number of likely N-dealkylation sites (N-methyl/N-ethyl adjacent to an activating group) is 1. The molecule has 0 amide bonds. The average molecular weight is 250 g/mol. The maximum absolute atomic E-state index is 12.2. The molecule has 0 aromatic rings. The number of hydrogen-bond acceptors (Lipinski definition) is 3. The van der Waals surface area contributed by atoms with Gasteiger partial charge in [0.2, 0.25) is 0 Å². The van der Waals surface area contributed by atoms with Crippen LogP contribution in [0.1, 0.15) is 32.6 Å². The SMILES string of the molecule is CCN(CCO)S(=O)(=O)N1CCCCCC1. The van der Waals surface area contributed by atoms with Crippen molar-refractivity contribution < 1.29 is 13.5 Å². The maximum atomic E-state index is 12.2. The summed E-state index contributed by atoms with van der Waals surface area (Å²) >= 11 is 0. The lowest BCUT2D eigenvalue weighted by Crippen LogP contribution is -2.45. The van der Waals surface area contributed by atoms with Gasteiger partial charge in [0.25, 0.3) is 10.2 Å². The third kappa shape index (κ3) is 3.41. The zero-order valence-corrected chi connectivity index (χ0v) is 10.7. The Balaban J connectivity index is 2.72. The van der Waals surface area contributed by atoms with Gasteiger partial charge in [-0.3, -0.25) is 0 Å². The van der Waals surface area contributed by atoms with Crippen LogP contribution in [0.3, 0.4) is 0 Å². The number of aliphatic hydroxyl groups is 1. The predicted molar refractivity (Wildman–Crippen MR) is 63.3 cm³/mol. The Hall–Kier alpha value is -0.170. The smallest absolute Gasteiger partial charge is 0.282 e. The van der Waals surface area contributed by atoms with Crippen LogP contribution in [-0.2, 0) is 10.2 Å². The van der Waals surface area contributed by atoms with E-state index in [-0.39, 0.29) is 13.2 Å². The fraction of sp³-hybridized carbons (Fsp3) is 1.00. The van der Waals surface area contributed by atoms with Gasteiger partial charge in [0.1, 0.15) is 0 Å². The van der Waals surface area contributed by atoms with E-state index in [0.717, 1.165) is 25.7 Å². The highest BCUT2D eigenvalue weighted by molar-refractivity contribution is 7.86. The van der Waals surface area contributed by atoms with Gasteiger partial charge < -0.3 is 5.11 Å². The molecule has 1 fully saturated rings. The van der Waals surface area contributed by atoms with Crippen LogP contribution in [0.2, 0.25) is 0 Å². The minimum atomic E-state index is -3.35. The molecule has 0 aliphatic carbocycles. The van der Waals surface area contributed by atoms with Crippen LogP contribution in [0.25, 0.3) is 0 Å². The third-order valence-electron chi connectivity index (χ3n) is 2.92. The predicted octanol–water partition coefficient (Wildman–Crippen LogP) is 0.421. The Bertz CT molecular complexity index is 284. The zero-order valence-electron chi connectivity index (χ0n) is 9.93. The normalized spacial score (nSPS) is 19.9. The van der Waals surface area contributed by atoms with Crippen molar-refractivity contribution in [2.75, 3.05) is 32.8 Å². The third-order valence-corrected chi connectivity index (χ3v) is 5.03. The van der Waals surface area contributed by atoms with Crippen molar-refractivity contribution in [2.45, 2.75) is 32.6 Å². The lowest BCUT2D eigenvalue weighted by molar-refractivity contribution is 0.247. The van der Waals surface area contributed by atoms with E-state index in [0.29, 0.717) is 19.6 Å². The summed E-state index contributed by atoms with van der Waals surface area (Å²) in [4.78, 5) is 0. The van der Waals surface area contributed by atoms with E-state index in [1.165, 1.54) is 4.31 Å². The summed E-state index contributed by atoms with van der Waals surface area (Å²) in [5.41, 5.74) is 0. The fourth-order valence-electron chi connectivity index (χ4n) is 1.98. The largest absolute Gasteiger partial charge is 0.395 e. The first-order valence-electron chi connectivity index (χ1n) is 5.99. The van der Waals surface area contributed by atoms with Crippen molar-refractivity contribution in [2.24, 2.45) is 0 Å². The van der Waals surface area contributed by atoms with Crippen LogP contribution < -0.4 is 0 Å². The van der Waals surface area contributed by atoms with Crippen LogP contribution in [0.5, 0.6) is 0 Å². The van der Waals surface area contributed by atoms with E-state index < -0.39 is 10.2 Å². The average Bonchev–Trinajstić information content (AvgIpc) is 2.54. The number of nitrogens with zero attached hydrogens (tertiary/aromatic N) is 2. The molecule has 1 aliphatic heterocycles. The Labute approximate surface area is 98.2 Å². The molecule has 1 aliphatic rings. The monoisotopic (exact) mass is 250 g/mol. The Morgan fingerprint density at radius 2 is 1.75 bits per heavy atom. The summed E-state index contributed by atoms with van der Waals surface area (Å²) < 4.78 is 27.3. The molecular weight excluding hydrogens is 228 g/mol. The summed E-state index contributed by atoms with van der Waals surface area (Å²) in [6, 6.07) is 0. The summed E-state index contributed by atoms with van der Waals surface area (Å²) in [7, 11) is -3.35. The van der Waals surface area contributed by atoms with Gasteiger partial charge in [-0.2, -0.15) is 17.0 Å². The minimum absolute atomic E-state index is 0.124. The second-order valence-electron chi connectivity index (χ2n) is 4.04. The number of aliphatic hydroxyl groups excluding tert-OH is 1. The molecule has 0 saturated carbocycles. The van der Waals surface area contributed by atoms with Crippen LogP contribution >= 0.6 is 0 Å². The molecular formula is C10H22N2O3S. The van der Waals surface area contributed by atoms with Crippen LogP contribution in [-0.4, -0.2) is 54.9 Å². The van der Waals surface area contributed by atoms with E-state index in [1.807, 2.05) is 0 Å². The summed E-state index contributed by atoms with van der Waals surface area (Å²) in [6.07, 6.45) is 4.10. The zero-order chi connectivity index (χ0) is 12.0. The van der Waals surface area contributed by atoms with Crippen LogP contribution in [0, 0.1) is 0 Å². The Morgan fingerprint density at radius 1 is 1.19 bits per heavy atom. The first-order valence-corrected chi connectivity index (χ1v) is 7.38.